The van der Waals surface area contributed by atoms with Gasteiger partial charge < -0.3 is 15.2 Å². The van der Waals surface area contributed by atoms with Crippen LogP contribution in [0.5, 0.6) is 0 Å². The number of nitrogens with zero attached hydrogens (tertiary/aromatic N) is 2. The number of carbonyl (C=O) groups excluding carboxylic acids is 1. The van der Waals surface area contributed by atoms with Gasteiger partial charge in [0, 0.05) is 32.0 Å². The van der Waals surface area contributed by atoms with E-state index in [-0.39, 0.29) is 10.9 Å². The molecule has 1 atom stereocenters. The van der Waals surface area contributed by atoms with Crippen molar-refractivity contribution in [2.24, 2.45) is 5.92 Å². The normalized spacial score (nSPS) is 17.5. The Balaban J connectivity index is 1.57. The topological polar surface area (TPSA) is 78.1 Å². The molecule has 2 aromatic rings. The van der Waals surface area contributed by atoms with Crippen LogP contribution in [0, 0.1) is 5.92 Å². The van der Waals surface area contributed by atoms with E-state index in [0.717, 1.165) is 31.7 Å². The summed E-state index contributed by atoms with van der Waals surface area (Å²) >= 11 is 5.76. The zero-order chi connectivity index (χ0) is 16.9. The number of anilines is 1. The highest BCUT2D eigenvalue weighted by Gasteiger charge is 2.21. The van der Waals surface area contributed by atoms with E-state index >= 15 is 0 Å². The second-order valence-corrected chi connectivity index (χ2v) is 6.32. The maximum absolute atomic E-state index is 12.2. The molecule has 6 nitrogen and oxygen atoms in total. The van der Waals surface area contributed by atoms with Crippen LogP contribution >= 0.6 is 11.6 Å². The Morgan fingerprint density at radius 3 is 3.08 bits per heavy atom. The van der Waals surface area contributed by atoms with Crippen LogP contribution in [0.1, 0.15) is 23.2 Å². The summed E-state index contributed by atoms with van der Waals surface area (Å²) in [6, 6.07) is 7.27. The molecule has 1 saturated heterocycles. The molecule has 0 radical (unpaired) electrons. The summed E-state index contributed by atoms with van der Waals surface area (Å²) in [7, 11) is 0. The summed E-state index contributed by atoms with van der Waals surface area (Å²) in [5, 5.41) is 2.94. The highest BCUT2D eigenvalue weighted by molar-refractivity contribution is 6.30. The second kappa shape index (κ2) is 7.49. The molecule has 1 fully saturated rings. The molecule has 0 aliphatic carbocycles. The van der Waals surface area contributed by atoms with Crippen molar-refractivity contribution in [3.8, 4) is 0 Å². The number of H-pyrrole nitrogens is 1. The molecule has 3 heterocycles. The van der Waals surface area contributed by atoms with Gasteiger partial charge in [0.05, 0.1) is 5.56 Å². The molecule has 3 rings (SSSR count). The van der Waals surface area contributed by atoms with E-state index in [1.807, 2.05) is 18.2 Å². The summed E-state index contributed by atoms with van der Waals surface area (Å²) < 4.78 is 0. The van der Waals surface area contributed by atoms with Gasteiger partial charge in [0.15, 0.2) is 0 Å². The summed E-state index contributed by atoms with van der Waals surface area (Å²) in [6.07, 6.45) is 5.31. The molecule has 1 aliphatic rings. The van der Waals surface area contributed by atoms with Gasteiger partial charge in [0.25, 0.3) is 11.5 Å². The minimum absolute atomic E-state index is 0.0154. The number of pyridine rings is 2. The van der Waals surface area contributed by atoms with Gasteiger partial charge in [-0.3, -0.25) is 9.59 Å². The van der Waals surface area contributed by atoms with E-state index in [2.05, 4.69) is 20.2 Å². The minimum Gasteiger partial charge on any atom is -0.356 e. The van der Waals surface area contributed by atoms with Gasteiger partial charge in [-0.05, 0) is 37.0 Å². The van der Waals surface area contributed by atoms with E-state index in [1.165, 1.54) is 12.3 Å². The summed E-state index contributed by atoms with van der Waals surface area (Å²) in [5.41, 5.74) is -0.0384. The van der Waals surface area contributed by atoms with Crippen LogP contribution in [-0.4, -0.2) is 35.5 Å². The first-order valence-electron chi connectivity index (χ1n) is 7.96. The number of rotatable bonds is 4. The van der Waals surface area contributed by atoms with E-state index in [1.54, 1.807) is 6.20 Å². The fraction of sp³-hybridized carbons (Fsp3) is 0.353. The van der Waals surface area contributed by atoms with Crippen molar-refractivity contribution < 1.29 is 4.79 Å². The Labute approximate surface area is 144 Å². The number of hydrogen-bond acceptors (Lipinski definition) is 4. The fourth-order valence-corrected chi connectivity index (χ4v) is 3.08. The number of aromatic nitrogens is 2. The molecule has 0 spiro atoms. The molecule has 2 aromatic heterocycles. The molecular weight excluding hydrogens is 328 g/mol. The average molecular weight is 347 g/mol. The van der Waals surface area contributed by atoms with E-state index in [9.17, 15) is 9.59 Å². The Bertz CT molecular complexity index is 763. The number of halogens is 1. The Morgan fingerprint density at radius 1 is 1.46 bits per heavy atom. The van der Waals surface area contributed by atoms with Crippen LogP contribution in [0.3, 0.4) is 0 Å². The van der Waals surface area contributed by atoms with Crippen LogP contribution in [-0.2, 0) is 0 Å². The third kappa shape index (κ3) is 3.94. The van der Waals surface area contributed by atoms with Gasteiger partial charge in [-0.25, -0.2) is 4.98 Å². The highest BCUT2D eigenvalue weighted by atomic mass is 35.5. The molecule has 0 bridgehead atoms. The average Bonchev–Trinajstić information content (AvgIpc) is 2.63. The number of piperidine rings is 1. The van der Waals surface area contributed by atoms with E-state index in [4.69, 9.17) is 11.6 Å². The van der Waals surface area contributed by atoms with Crippen LogP contribution in [0.25, 0.3) is 0 Å². The number of carbonyl (C=O) groups is 1. The van der Waals surface area contributed by atoms with Gasteiger partial charge >= 0.3 is 0 Å². The number of nitrogens with one attached hydrogen (secondary N) is 2. The maximum atomic E-state index is 12.2. The van der Waals surface area contributed by atoms with Crippen LogP contribution < -0.4 is 15.8 Å². The van der Waals surface area contributed by atoms with Gasteiger partial charge in [0.1, 0.15) is 10.8 Å². The van der Waals surface area contributed by atoms with Gasteiger partial charge in [-0.15, -0.1) is 0 Å². The zero-order valence-corrected chi connectivity index (χ0v) is 13.9. The largest absolute Gasteiger partial charge is 0.356 e. The van der Waals surface area contributed by atoms with Crippen molar-refractivity contribution in [3.05, 3.63) is 57.6 Å². The standard InChI is InChI=1S/C17H19ClN4O2/c18-14-8-13(10-21-17(14)24)16(23)20-9-12-4-3-7-22(11-12)15-5-1-2-6-19-15/h1-2,5-6,8,10,12H,3-4,7,9,11H2,(H,20,23)(H,21,24). The van der Waals surface area contributed by atoms with Crippen molar-refractivity contribution in [2.45, 2.75) is 12.8 Å². The SMILES string of the molecule is O=C(NCC1CCCN(c2ccccn2)C1)c1c[nH]c(=O)c(Cl)c1. The molecular formula is C17H19ClN4O2. The van der Waals surface area contributed by atoms with E-state index in [0.29, 0.717) is 18.0 Å². The number of hydrogen-bond donors (Lipinski definition) is 2. The lowest BCUT2D eigenvalue weighted by molar-refractivity contribution is 0.0945. The first-order valence-corrected chi connectivity index (χ1v) is 8.33. The lowest BCUT2D eigenvalue weighted by Gasteiger charge is -2.33. The maximum Gasteiger partial charge on any atom is 0.266 e. The molecule has 7 heteroatoms. The predicted octanol–water partition coefficient (Wildman–Crippen LogP) is 2.07. The predicted molar refractivity (Wildman–Crippen MR) is 93.6 cm³/mol. The van der Waals surface area contributed by atoms with Crippen LogP contribution in [0.4, 0.5) is 5.82 Å². The van der Waals surface area contributed by atoms with Crippen molar-refractivity contribution in [1.29, 1.82) is 0 Å². The molecule has 24 heavy (non-hydrogen) atoms. The molecule has 2 N–H and O–H groups in total. The summed E-state index contributed by atoms with van der Waals surface area (Å²) in [4.78, 5) is 32.5. The van der Waals surface area contributed by atoms with Gasteiger partial charge in [0.2, 0.25) is 0 Å². The van der Waals surface area contributed by atoms with Gasteiger partial charge in [-0.2, -0.15) is 0 Å². The number of amides is 1. The number of aromatic amines is 1. The van der Waals surface area contributed by atoms with Crippen molar-refractivity contribution in [2.75, 3.05) is 24.5 Å². The van der Waals surface area contributed by atoms with Crippen molar-refractivity contribution in [3.63, 3.8) is 0 Å². The first-order chi connectivity index (χ1) is 11.6. The Hall–Kier alpha value is -2.34. The van der Waals surface area contributed by atoms with Crippen LogP contribution in [0.15, 0.2) is 41.5 Å². The molecule has 1 amide bonds. The third-order valence-electron chi connectivity index (χ3n) is 4.16. The lowest BCUT2D eigenvalue weighted by atomic mass is 9.98. The molecule has 1 unspecified atom stereocenters. The summed E-state index contributed by atoms with van der Waals surface area (Å²) in [5.74, 6) is 1.10. The smallest absolute Gasteiger partial charge is 0.266 e. The van der Waals surface area contributed by atoms with Crippen molar-refractivity contribution >= 4 is 23.3 Å². The van der Waals surface area contributed by atoms with Crippen molar-refractivity contribution in [1.82, 2.24) is 15.3 Å². The minimum atomic E-state index is -0.397. The summed E-state index contributed by atoms with van der Waals surface area (Å²) in [6.45, 7) is 2.43. The second-order valence-electron chi connectivity index (χ2n) is 5.92. The lowest BCUT2D eigenvalue weighted by Crippen LogP contribution is -2.41. The molecule has 0 aromatic carbocycles. The monoisotopic (exact) mass is 346 g/mol. The Kier molecular flexibility index (Phi) is 5.15. The van der Waals surface area contributed by atoms with Gasteiger partial charge in [-0.1, -0.05) is 17.7 Å². The fourth-order valence-electron chi connectivity index (χ4n) is 2.91. The Morgan fingerprint density at radius 2 is 2.33 bits per heavy atom. The zero-order valence-electron chi connectivity index (χ0n) is 13.2. The molecule has 126 valence electrons. The molecule has 0 saturated carbocycles. The highest BCUT2D eigenvalue weighted by Crippen LogP contribution is 2.20. The first kappa shape index (κ1) is 16.5. The van der Waals surface area contributed by atoms with Crippen LogP contribution in [0.2, 0.25) is 5.02 Å². The third-order valence-corrected chi connectivity index (χ3v) is 4.44. The molecule has 1 aliphatic heterocycles. The quantitative estimate of drug-likeness (QED) is 0.888. The van der Waals surface area contributed by atoms with E-state index < -0.39 is 5.56 Å².